The van der Waals surface area contributed by atoms with Crippen molar-refractivity contribution >= 4 is 6.08 Å². The van der Waals surface area contributed by atoms with Gasteiger partial charge >= 0.3 is 0 Å². The first-order chi connectivity index (χ1) is 10.6. The first-order valence-electron chi connectivity index (χ1n) is 7.72. The second-order valence-electron chi connectivity index (χ2n) is 6.18. The summed E-state index contributed by atoms with van der Waals surface area (Å²) in [6, 6.07) is 3.49. The molecule has 0 fully saturated rings. The van der Waals surface area contributed by atoms with Crippen LogP contribution in [-0.2, 0) is 5.41 Å². The van der Waals surface area contributed by atoms with Crippen molar-refractivity contribution < 1.29 is 14.9 Å². The van der Waals surface area contributed by atoms with Gasteiger partial charge in [0.05, 0.1) is 0 Å². The number of aliphatic hydroxyl groups is 1. The van der Waals surface area contributed by atoms with E-state index < -0.39 is 6.10 Å². The number of aliphatic hydroxyl groups excluding tert-OH is 1. The van der Waals surface area contributed by atoms with Crippen LogP contribution < -0.4 is 10.1 Å². The van der Waals surface area contributed by atoms with Gasteiger partial charge in [-0.3, -0.25) is 0 Å². The van der Waals surface area contributed by atoms with Gasteiger partial charge < -0.3 is 20.3 Å². The lowest BCUT2D eigenvalue weighted by Crippen LogP contribution is -2.52. The molecule has 0 saturated carbocycles. The van der Waals surface area contributed by atoms with Gasteiger partial charge in [-0.1, -0.05) is 37.8 Å². The first kappa shape index (κ1) is 15.1. The lowest BCUT2D eigenvalue weighted by atomic mass is 9.61. The van der Waals surface area contributed by atoms with Crippen LogP contribution in [0.15, 0.2) is 30.9 Å². The highest BCUT2D eigenvalue weighted by atomic mass is 16.5. The quantitative estimate of drug-likeness (QED) is 0.746. The maximum atomic E-state index is 10.4. The molecule has 0 aromatic heterocycles. The number of aromatic hydroxyl groups is 1. The molecule has 3 rings (SSSR count). The zero-order valence-corrected chi connectivity index (χ0v) is 13.0. The third-order valence-corrected chi connectivity index (χ3v) is 5.12. The number of ether oxygens (including phenoxy) is 1. The fourth-order valence-corrected chi connectivity index (χ4v) is 3.97. The Morgan fingerprint density at radius 2 is 2.18 bits per heavy atom. The Morgan fingerprint density at radius 3 is 2.86 bits per heavy atom. The van der Waals surface area contributed by atoms with Crippen LogP contribution in [0.5, 0.6) is 11.5 Å². The molecule has 3 N–H and O–H groups in total. The van der Waals surface area contributed by atoms with Gasteiger partial charge in [0.15, 0.2) is 11.5 Å². The minimum atomic E-state index is -0.683. The van der Waals surface area contributed by atoms with Gasteiger partial charge in [0.1, 0.15) is 12.2 Å². The molecule has 4 atom stereocenters. The molecule has 2 aliphatic rings. The van der Waals surface area contributed by atoms with Gasteiger partial charge in [0, 0.05) is 11.0 Å². The van der Waals surface area contributed by atoms with E-state index >= 15 is 0 Å². The second kappa shape index (κ2) is 5.45. The number of fused-ring (bicyclic) bond motifs is 3. The Morgan fingerprint density at radius 1 is 1.41 bits per heavy atom. The molecule has 1 heterocycles. The fourth-order valence-electron chi connectivity index (χ4n) is 3.97. The van der Waals surface area contributed by atoms with Gasteiger partial charge in [-0.05, 0) is 37.6 Å². The SMILES string of the molecule is C=Cc1ccc(O)c2c1[C@]1(CCNC)[C@H](C)C=C[C@H](O)[C@@H]1O2. The van der Waals surface area contributed by atoms with E-state index in [1.165, 1.54) is 0 Å². The highest BCUT2D eigenvalue weighted by Gasteiger charge is 2.56. The smallest absolute Gasteiger partial charge is 0.166 e. The zero-order chi connectivity index (χ0) is 15.9. The van der Waals surface area contributed by atoms with Gasteiger partial charge in [-0.2, -0.15) is 0 Å². The van der Waals surface area contributed by atoms with E-state index in [-0.39, 0.29) is 23.2 Å². The van der Waals surface area contributed by atoms with Crippen molar-refractivity contribution in [3.8, 4) is 11.5 Å². The number of rotatable bonds is 4. The van der Waals surface area contributed by atoms with Gasteiger partial charge in [0.2, 0.25) is 0 Å². The van der Waals surface area contributed by atoms with Gasteiger partial charge in [-0.25, -0.2) is 0 Å². The van der Waals surface area contributed by atoms with Crippen LogP contribution in [0.25, 0.3) is 6.08 Å². The maximum absolute atomic E-state index is 10.4. The topological polar surface area (TPSA) is 61.7 Å². The summed E-state index contributed by atoms with van der Waals surface area (Å²) in [4.78, 5) is 0. The van der Waals surface area contributed by atoms with Crippen LogP contribution in [0.3, 0.4) is 0 Å². The average Bonchev–Trinajstić information content (AvgIpc) is 2.88. The number of benzene rings is 1. The molecule has 1 aromatic carbocycles. The van der Waals surface area contributed by atoms with E-state index in [2.05, 4.69) is 18.8 Å². The molecule has 4 nitrogen and oxygen atoms in total. The number of phenolic OH excluding ortho intramolecular Hbond substituents is 1. The molecule has 1 aliphatic carbocycles. The molecule has 4 heteroatoms. The molecule has 0 spiro atoms. The lowest BCUT2D eigenvalue weighted by molar-refractivity contribution is 0.00603. The van der Waals surface area contributed by atoms with Crippen LogP contribution in [0.1, 0.15) is 24.5 Å². The summed E-state index contributed by atoms with van der Waals surface area (Å²) in [5.41, 5.74) is 1.56. The van der Waals surface area contributed by atoms with Crippen molar-refractivity contribution in [1.82, 2.24) is 5.32 Å². The molecule has 1 aromatic rings. The molecule has 22 heavy (non-hydrogen) atoms. The normalized spacial score (nSPS) is 32.2. The number of phenols is 1. The number of allylic oxidation sites excluding steroid dienone is 1. The Kier molecular flexibility index (Phi) is 3.75. The van der Waals surface area contributed by atoms with Crippen molar-refractivity contribution in [2.24, 2.45) is 5.92 Å². The molecule has 1 aliphatic heterocycles. The van der Waals surface area contributed by atoms with E-state index in [9.17, 15) is 10.2 Å². The summed E-state index contributed by atoms with van der Waals surface area (Å²) >= 11 is 0. The van der Waals surface area contributed by atoms with E-state index in [4.69, 9.17) is 4.74 Å². The monoisotopic (exact) mass is 301 g/mol. The van der Waals surface area contributed by atoms with Crippen LogP contribution in [0.2, 0.25) is 0 Å². The summed E-state index contributed by atoms with van der Waals surface area (Å²) in [5.74, 6) is 0.808. The van der Waals surface area contributed by atoms with Crippen molar-refractivity contribution in [2.45, 2.75) is 31.0 Å². The summed E-state index contributed by atoms with van der Waals surface area (Å²) in [5, 5.41) is 23.9. The lowest BCUT2D eigenvalue weighted by Gasteiger charge is -2.43. The largest absolute Gasteiger partial charge is 0.504 e. The summed E-state index contributed by atoms with van der Waals surface area (Å²) in [6.07, 6.45) is 5.38. The molecule has 0 saturated heterocycles. The van der Waals surface area contributed by atoms with Gasteiger partial charge in [-0.15, -0.1) is 0 Å². The molecule has 118 valence electrons. The van der Waals surface area contributed by atoms with Crippen molar-refractivity contribution in [1.29, 1.82) is 0 Å². The van der Waals surface area contributed by atoms with E-state index in [0.29, 0.717) is 5.75 Å². The molecular weight excluding hydrogens is 278 g/mol. The summed E-state index contributed by atoms with van der Waals surface area (Å²) in [7, 11) is 1.92. The minimum Gasteiger partial charge on any atom is -0.504 e. The summed E-state index contributed by atoms with van der Waals surface area (Å²) in [6.45, 7) is 6.84. The van der Waals surface area contributed by atoms with Crippen molar-refractivity contribution in [3.05, 3.63) is 42.0 Å². The Bertz CT molecular complexity index is 625. The highest BCUT2D eigenvalue weighted by Crippen LogP contribution is 2.57. The maximum Gasteiger partial charge on any atom is 0.166 e. The van der Waals surface area contributed by atoms with Crippen molar-refractivity contribution in [2.75, 3.05) is 13.6 Å². The summed E-state index contributed by atoms with van der Waals surface area (Å²) < 4.78 is 6.04. The van der Waals surface area contributed by atoms with E-state index in [0.717, 1.165) is 24.1 Å². The third kappa shape index (κ3) is 1.91. The minimum absolute atomic E-state index is 0.123. The zero-order valence-electron chi connectivity index (χ0n) is 13.0. The Balaban J connectivity index is 2.25. The molecule has 0 bridgehead atoms. The molecule has 0 radical (unpaired) electrons. The van der Waals surface area contributed by atoms with Crippen molar-refractivity contribution in [3.63, 3.8) is 0 Å². The van der Waals surface area contributed by atoms with Crippen LogP contribution >= 0.6 is 0 Å². The Labute approximate surface area is 131 Å². The Hall–Kier alpha value is -1.78. The molecular formula is C18H23NO3. The van der Waals surface area contributed by atoms with Crippen LogP contribution in [-0.4, -0.2) is 36.0 Å². The van der Waals surface area contributed by atoms with Crippen LogP contribution in [0.4, 0.5) is 0 Å². The molecule has 0 unspecified atom stereocenters. The standard InChI is InChI=1S/C18H23NO3/c1-4-12-6-8-13(20)16-15(12)18(9-10-19-3)11(2)5-7-14(21)17(18)22-16/h4-8,11,14,17,19-21H,1,9-10H2,2-3H3/t11-,14+,17+,18+/m1/s1. The predicted molar refractivity (Wildman–Crippen MR) is 87.1 cm³/mol. The highest BCUT2D eigenvalue weighted by molar-refractivity contribution is 5.67. The average molecular weight is 301 g/mol. The predicted octanol–water partition coefficient (Wildman–Crippen LogP) is 2.21. The van der Waals surface area contributed by atoms with Crippen LogP contribution in [0, 0.1) is 5.92 Å². The van der Waals surface area contributed by atoms with Gasteiger partial charge in [0.25, 0.3) is 0 Å². The number of hydrogen-bond acceptors (Lipinski definition) is 4. The number of nitrogens with one attached hydrogen (secondary N) is 1. The second-order valence-corrected chi connectivity index (χ2v) is 6.18. The molecule has 0 amide bonds. The van der Waals surface area contributed by atoms with E-state index in [1.807, 2.05) is 19.2 Å². The third-order valence-electron chi connectivity index (χ3n) is 5.12. The fraction of sp³-hybridized carbons (Fsp3) is 0.444. The first-order valence-corrected chi connectivity index (χ1v) is 7.72. The number of hydrogen-bond donors (Lipinski definition) is 3. The van der Waals surface area contributed by atoms with E-state index in [1.54, 1.807) is 18.2 Å².